The molecule has 5 heteroatoms. The summed E-state index contributed by atoms with van der Waals surface area (Å²) >= 11 is 0. The first-order chi connectivity index (χ1) is 16.4. The van der Waals surface area contributed by atoms with E-state index < -0.39 is 5.66 Å². The van der Waals surface area contributed by atoms with Gasteiger partial charge in [-0.3, -0.25) is 4.79 Å². The van der Waals surface area contributed by atoms with Crippen LogP contribution >= 0.6 is 0 Å². The van der Waals surface area contributed by atoms with Crippen LogP contribution in [0.4, 0.5) is 5.69 Å². The van der Waals surface area contributed by atoms with Gasteiger partial charge in [0.15, 0.2) is 11.5 Å². The zero-order valence-corrected chi connectivity index (χ0v) is 19.9. The summed E-state index contributed by atoms with van der Waals surface area (Å²) in [6.45, 7) is 7.72. The molecule has 2 heterocycles. The molecular formula is C29H30N2O3. The number of para-hydroxylation sites is 1. The predicted octanol–water partition coefficient (Wildman–Crippen LogP) is 5.30. The predicted molar refractivity (Wildman–Crippen MR) is 135 cm³/mol. The number of amides is 1. The molecule has 0 spiro atoms. The van der Waals surface area contributed by atoms with E-state index in [-0.39, 0.29) is 11.3 Å². The SMILES string of the molecule is CCOc1cc(C=CC23NC(=O)CN2c2ccccc2C3(C)C)ccc1OCc1ccccc1. The highest BCUT2D eigenvalue weighted by Gasteiger charge is 2.59. The standard InChI is InChI=1S/C29H30N2O3/c1-4-33-26-18-21(14-15-25(26)34-20-22-10-6-5-7-11-22)16-17-29-28(2,3)23-12-8-9-13-24(23)31(29)19-27(32)30-29/h5-18H,4,19-20H2,1-3H3,(H,30,32). The number of ether oxygens (including phenoxy) is 2. The second-order valence-electron chi connectivity index (χ2n) is 9.29. The third-order valence-electron chi connectivity index (χ3n) is 6.90. The number of fused-ring (bicyclic) bond motifs is 3. The molecule has 0 radical (unpaired) electrons. The number of hydrogen-bond donors (Lipinski definition) is 1. The highest BCUT2D eigenvalue weighted by Crippen LogP contribution is 2.52. The van der Waals surface area contributed by atoms with Crippen molar-refractivity contribution in [1.82, 2.24) is 5.32 Å². The van der Waals surface area contributed by atoms with E-state index in [2.05, 4.69) is 54.4 Å². The van der Waals surface area contributed by atoms with Crippen LogP contribution < -0.4 is 19.7 Å². The molecule has 2 aliphatic rings. The van der Waals surface area contributed by atoms with E-state index in [1.54, 1.807) is 0 Å². The maximum atomic E-state index is 12.5. The lowest BCUT2D eigenvalue weighted by atomic mass is 9.75. The van der Waals surface area contributed by atoms with Crippen LogP contribution in [0.2, 0.25) is 0 Å². The van der Waals surface area contributed by atoms with Crippen molar-refractivity contribution < 1.29 is 14.3 Å². The topological polar surface area (TPSA) is 50.8 Å². The Bertz CT molecular complexity index is 1240. The molecule has 0 bridgehead atoms. The van der Waals surface area contributed by atoms with Gasteiger partial charge < -0.3 is 19.7 Å². The van der Waals surface area contributed by atoms with Crippen molar-refractivity contribution in [3.63, 3.8) is 0 Å². The fourth-order valence-electron chi connectivity index (χ4n) is 5.11. The van der Waals surface area contributed by atoms with E-state index in [0.29, 0.717) is 31.3 Å². The van der Waals surface area contributed by atoms with Crippen molar-refractivity contribution in [2.45, 2.75) is 38.5 Å². The summed E-state index contributed by atoms with van der Waals surface area (Å²) in [6.07, 6.45) is 4.18. The number of nitrogens with zero attached hydrogens (tertiary/aromatic N) is 1. The van der Waals surface area contributed by atoms with Gasteiger partial charge in [0.05, 0.1) is 13.2 Å². The molecule has 1 amide bonds. The van der Waals surface area contributed by atoms with E-state index in [1.807, 2.05) is 61.5 Å². The molecule has 0 aliphatic carbocycles. The molecule has 5 rings (SSSR count). The van der Waals surface area contributed by atoms with Gasteiger partial charge >= 0.3 is 0 Å². The number of benzene rings is 3. The lowest BCUT2D eigenvalue weighted by molar-refractivity contribution is -0.118. The van der Waals surface area contributed by atoms with E-state index in [9.17, 15) is 4.79 Å². The van der Waals surface area contributed by atoms with Gasteiger partial charge in [-0.05, 0) is 47.9 Å². The Labute approximate surface area is 201 Å². The van der Waals surface area contributed by atoms with Gasteiger partial charge in [0.1, 0.15) is 12.3 Å². The summed E-state index contributed by atoms with van der Waals surface area (Å²) in [5.74, 6) is 1.46. The molecule has 2 aliphatic heterocycles. The minimum atomic E-state index is -0.623. The lowest BCUT2D eigenvalue weighted by Crippen LogP contribution is -2.58. The second kappa shape index (κ2) is 8.56. The van der Waals surface area contributed by atoms with Gasteiger partial charge in [0, 0.05) is 11.1 Å². The number of nitrogens with one attached hydrogen (secondary N) is 1. The van der Waals surface area contributed by atoms with Crippen LogP contribution in [-0.4, -0.2) is 24.7 Å². The number of anilines is 1. The van der Waals surface area contributed by atoms with Gasteiger partial charge in [0.25, 0.3) is 0 Å². The largest absolute Gasteiger partial charge is 0.490 e. The highest BCUT2D eigenvalue weighted by molar-refractivity contribution is 5.91. The van der Waals surface area contributed by atoms with Crippen molar-refractivity contribution in [3.8, 4) is 11.5 Å². The normalized spacial score (nSPS) is 20.2. The van der Waals surface area contributed by atoms with E-state index in [0.717, 1.165) is 16.8 Å². The molecule has 5 nitrogen and oxygen atoms in total. The Morgan fingerprint density at radius 1 is 0.971 bits per heavy atom. The Balaban J connectivity index is 1.44. The summed E-state index contributed by atoms with van der Waals surface area (Å²) in [6, 6.07) is 24.4. The Morgan fingerprint density at radius 3 is 2.53 bits per heavy atom. The fraction of sp³-hybridized carbons (Fsp3) is 0.276. The molecule has 3 aromatic carbocycles. The summed E-state index contributed by atoms with van der Waals surface area (Å²) in [7, 11) is 0. The smallest absolute Gasteiger partial charge is 0.241 e. The van der Waals surface area contributed by atoms with E-state index in [4.69, 9.17) is 9.47 Å². The Hall–Kier alpha value is -3.73. The molecule has 0 aromatic heterocycles. The van der Waals surface area contributed by atoms with Crippen LogP contribution in [0, 0.1) is 0 Å². The molecule has 1 atom stereocenters. The molecule has 1 N–H and O–H groups in total. The van der Waals surface area contributed by atoms with Gasteiger partial charge in [0.2, 0.25) is 5.91 Å². The lowest BCUT2D eigenvalue weighted by Gasteiger charge is -2.40. The Kier molecular flexibility index (Phi) is 5.56. The van der Waals surface area contributed by atoms with Crippen molar-refractivity contribution in [1.29, 1.82) is 0 Å². The quantitative estimate of drug-likeness (QED) is 0.526. The molecule has 1 saturated heterocycles. The van der Waals surface area contributed by atoms with Crippen molar-refractivity contribution in [2.24, 2.45) is 0 Å². The average molecular weight is 455 g/mol. The minimum absolute atomic E-state index is 0.0342. The highest BCUT2D eigenvalue weighted by atomic mass is 16.5. The first kappa shape index (κ1) is 22.1. The number of rotatable bonds is 7. The molecule has 1 unspecified atom stereocenters. The van der Waals surface area contributed by atoms with Gasteiger partial charge in [-0.2, -0.15) is 0 Å². The van der Waals surface area contributed by atoms with Crippen LogP contribution in [0.5, 0.6) is 11.5 Å². The van der Waals surface area contributed by atoms with Crippen LogP contribution in [0.25, 0.3) is 6.08 Å². The summed E-state index contributed by atoms with van der Waals surface area (Å²) in [4.78, 5) is 14.7. The van der Waals surface area contributed by atoms with E-state index >= 15 is 0 Å². The molecule has 3 aromatic rings. The monoisotopic (exact) mass is 454 g/mol. The zero-order valence-electron chi connectivity index (χ0n) is 19.9. The number of carbonyl (C=O) groups excluding carboxylic acids is 1. The van der Waals surface area contributed by atoms with Crippen LogP contribution in [-0.2, 0) is 16.8 Å². The van der Waals surface area contributed by atoms with Gasteiger partial charge in [-0.15, -0.1) is 0 Å². The average Bonchev–Trinajstić information content (AvgIpc) is 3.28. The number of carbonyl (C=O) groups is 1. The third kappa shape index (κ3) is 3.61. The van der Waals surface area contributed by atoms with Gasteiger partial charge in [-0.25, -0.2) is 0 Å². The first-order valence-corrected chi connectivity index (χ1v) is 11.8. The summed E-state index contributed by atoms with van der Waals surface area (Å²) in [5.41, 5.74) is 3.51. The summed E-state index contributed by atoms with van der Waals surface area (Å²) < 4.78 is 11.9. The third-order valence-corrected chi connectivity index (χ3v) is 6.90. The van der Waals surface area contributed by atoms with Crippen molar-refractivity contribution in [2.75, 3.05) is 18.1 Å². The zero-order chi connectivity index (χ0) is 23.8. The maximum Gasteiger partial charge on any atom is 0.241 e. The fourth-order valence-corrected chi connectivity index (χ4v) is 5.11. The minimum Gasteiger partial charge on any atom is -0.490 e. The second-order valence-corrected chi connectivity index (χ2v) is 9.29. The van der Waals surface area contributed by atoms with Crippen LogP contribution in [0.3, 0.4) is 0 Å². The Morgan fingerprint density at radius 2 is 1.74 bits per heavy atom. The van der Waals surface area contributed by atoms with Gasteiger partial charge in [-0.1, -0.05) is 74.5 Å². The van der Waals surface area contributed by atoms with Crippen LogP contribution in [0.15, 0.2) is 78.9 Å². The molecular weight excluding hydrogens is 424 g/mol. The summed E-state index contributed by atoms with van der Waals surface area (Å²) in [5, 5.41) is 3.27. The first-order valence-electron chi connectivity index (χ1n) is 11.8. The number of hydrogen-bond acceptors (Lipinski definition) is 4. The maximum absolute atomic E-state index is 12.5. The van der Waals surface area contributed by atoms with Crippen molar-refractivity contribution in [3.05, 3.63) is 95.6 Å². The van der Waals surface area contributed by atoms with E-state index in [1.165, 1.54) is 5.56 Å². The van der Waals surface area contributed by atoms with Crippen LogP contribution in [0.1, 0.15) is 37.5 Å². The molecule has 1 fully saturated rings. The van der Waals surface area contributed by atoms with Crippen molar-refractivity contribution >= 4 is 17.7 Å². The molecule has 0 saturated carbocycles. The molecule has 174 valence electrons. The molecule has 34 heavy (non-hydrogen) atoms.